The molecular weight excluding hydrogens is 155 g/mol. The van der Waals surface area contributed by atoms with E-state index < -0.39 is 0 Å². The van der Waals surface area contributed by atoms with Gasteiger partial charge >= 0.3 is 0 Å². The molecule has 0 bridgehead atoms. The van der Waals surface area contributed by atoms with Crippen molar-refractivity contribution in [3.63, 3.8) is 0 Å². The van der Waals surface area contributed by atoms with E-state index in [-0.39, 0.29) is 32.7 Å². The van der Waals surface area contributed by atoms with Crippen molar-refractivity contribution in [2.24, 2.45) is 0 Å². The van der Waals surface area contributed by atoms with E-state index in [1.165, 1.54) is 6.20 Å². The van der Waals surface area contributed by atoms with Gasteiger partial charge in [-0.25, -0.2) is 10.3 Å². The van der Waals surface area contributed by atoms with E-state index >= 15 is 0 Å². The van der Waals surface area contributed by atoms with Crippen LogP contribution in [-0.4, -0.2) is 15.4 Å². The fourth-order valence-electron chi connectivity index (χ4n) is 0.144. The Morgan fingerprint density at radius 2 is 2.50 bits per heavy atom. The van der Waals surface area contributed by atoms with Gasteiger partial charge in [0.25, 0.3) is 0 Å². The molecule has 1 radical (unpaired) electrons. The molecule has 0 atom stereocenters. The predicted molar refractivity (Wildman–Crippen MR) is 15.2 cm³/mol. The Bertz CT molecular complexity index is 65.3. The Balaban J connectivity index is 0.000000250. The van der Waals surface area contributed by atoms with Crippen LogP contribution in [0, 0.1) is 6.20 Å². The molecule has 0 aromatic carbocycles. The molecule has 0 saturated heterocycles. The Morgan fingerprint density at radius 1 is 1.67 bits per heavy atom. The van der Waals surface area contributed by atoms with Crippen LogP contribution >= 0.6 is 0 Å². The molecule has 29 valence electrons. The van der Waals surface area contributed by atoms with Crippen LogP contribution in [0.15, 0.2) is 6.20 Å². The third-order valence-corrected chi connectivity index (χ3v) is 0.295. The Morgan fingerprint density at radius 3 is 2.67 bits per heavy atom. The van der Waals surface area contributed by atoms with Crippen molar-refractivity contribution in [1.82, 2.24) is 15.4 Å². The zero-order valence-electron chi connectivity index (χ0n) is 3.05. The van der Waals surface area contributed by atoms with E-state index in [1.807, 2.05) is 0 Å². The molecule has 3 nitrogen and oxygen atoms in total. The third-order valence-electron chi connectivity index (χ3n) is 0.295. The number of hydrogen-bond acceptors (Lipinski definition) is 2. The van der Waals surface area contributed by atoms with Crippen molar-refractivity contribution < 1.29 is 32.7 Å². The molecule has 1 aromatic rings. The van der Waals surface area contributed by atoms with Gasteiger partial charge in [-0.15, -0.1) is 6.20 Å². The molecule has 0 saturated carbocycles. The fraction of sp³-hybridized carbons (Fsp3) is 0. The van der Waals surface area contributed by atoms with Crippen LogP contribution in [0.2, 0.25) is 0 Å². The molecule has 0 aliphatic rings. The van der Waals surface area contributed by atoms with Gasteiger partial charge in [0.1, 0.15) is 0 Å². The minimum Gasteiger partial charge on any atom is -0.377 e. The Kier molecular flexibility index (Phi) is 3.57. The fourth-order valence-corrected chi connectivity index (χ4v) is 0.144. The standard InChI is InChI=1S/C2H2N3.Y/c1-2-4-5-3-1;/h1H,(H,3,4,5);/q-1;. The maximum absolute atomic E-state index is 3.43. The summed E-state index contributed by atoms with van der Waals surface area (Å²) >= 11 is 0. The van der Waals surface area contributed by atoms with Gasteiger partial charge in [-0.2, -0.15) is 0 Å². The van der Waals surface area contributed by atoms with Crippen molar-refractivity contribution in [2.45, 2.75) is 0 Å². The van der Waals surface area contributed by atoms with E-state index in [4.69, 9.17) is 0 Å². The Labute approximate surface area is 60.4 Å². The second kappa shape index (κ2) is 3.43. The molecule has 1 aromatic heterocycles. The van der Waals surface area contributed by atoms with E-state index in [0.717, 1.165) is 0 Å². The van der Waals surface area contributed by atoms with Gasteiger partial charge in [0.2, 0.25) is 0 Å². The number of nitrogens with zero attached hydrogens (tertiary/aromatic N) is 2. The summed E-state index contributed by atoms with van der Waals surface area (Å²) in [5.74, 6) is 0. The maximum atomic E-state index is 3.43. The van der Waals surface area contributed by atoms with Crippen LogP contribution in [-0.2, 0) is 32.7 Å². The smallest absolute Gasteiger partial charge is 0 e. The molecule has 1 N–H and O–H groups in total. The summed E-state index contributed by atoms with van der Waals surface area (Å²) in [5, 5.41) is 9.10. The van der Waals surface area contributed by atoms with E-state index in [0.29, 0.717) is 0 Å². The molecule has 6 heavy (non-hydrogen) atoms. The van der Waals surface area contributed by atoms with Gasteiger partial charge in [-0.1, -0.05) is 0 Å². The monoisotopic (exact) mass is 157 g/mol. The zero-order chi connectivity index (χ0) is 3.54. The summed E-state index contributed by atoms with van der Waals surface area (Å²) < 4.78 is 0. The first-order chi connectivity index (χ1) is 2.50. The average molecular weight is 157 g/mol. The van der Waals surface area contributed by atoms with E-state index in [1.54, 1.807) is 0 Å². The summed E-state index contributed by atoms with van der Waals surface area (Å²) in [5.41, 5.74) is 0. The van der Waals surface area contributed by atoms with Gasteiger partial charge < -0.3 is 11.3 Å². The van der Waals surface area contributed by atoms with Crippen LogP contribution in [0.1, 0.15) is 0 Å². The minimum atomic E-state index is 0. The molecule has 0 fully saturated rings. The van der Waals surface area contributed by atoms with Crippen molar-refractivity contribution >= 4 is 0 Å². The van der Waals surface area contributed by atoms with Crippen molar-refractivity contribution in [2.75, 3.05) is 0 Å². The number of aromatic amines is 1. The summed E-state index contributed by atoms with van der Waals surface area (Å²) in [6, 6.07) is 0. The molecule has 0 spiro atoms. The van der Waals surface area contributed by atoms with Crippen molar-refractivity contribution in [3.05, 3.63) is 12.4 Å². The largest absolute Gasteiger partial charge is 0.377 e. The second-order valence-electron chi connectivity index (χ2n) is 0.599. The number of aromatic nitrogens is 3. The predicted octanol–water partition coefficient (Wildman–Crippen LogP) is -0.398. The van der Waals surface area contributed by atoms with Gasteiger partial charge in [0, 0.05) is 32.7 Å². The molecule has 1 heterocycles. The minimum absolute atomic E-state index is 0. The SMILES string of the molecule is [Y].[c-]1cn[nH]n1. The van der Waals surface area contributed by atoms with Gasteiger partial charge in [-0.05, 0) is 0 Å². The summed E-state index contributed by atoms with van der Waals surface area (Å²) in [7, 11) is 0. The average Bonchev–Trinajstić information content (AvgIpc) is 1.76. The molecule has 0 aliphatic carbocycles. The first-order valence-corrected chi connectivity index (χ1v) is 1.22. The number of rotatable bonds is 0. The normalized spacial score (nSPS) is 6.67. The second-order valence-corrected chi connectivity index (χ2v) is 0.599. The number of hydrogen-bond donors (Lipinski definition) is 1. The first-order valence-electron chi connectivity index (χ1n) is 1.22. The zero-order valence-corrected chi connectivity index (χ0v) is 5.89. The Hall–Kier alpha value is 0.244. The van der Waals surface area contributed by atoms with Gasteiger partial charge in [0.15, 0.2) is 0 Å². The quantitative estimate of drug-likeness (QED) is 0.520. The van der Waals surface area contributed by atoms with E-state index in [9.17, 15) is 0 Å². The molecule has 4 heteroatoms. The molecule has 0 amide bonds. The maximum Gasteiger partial charge on any atom is 0 e. The van der Waals surface area contributed by atoms with Gasteiger partial charge in [0.05, 0.1) is 0 Å². The van der Waals surface area contributed by atoms with Gasteiger partial charge in [-0.3, -0.25) is 0 Å². The van der Waals surface area contributed by atoms with Crippen LogP contribution in [0.4, 0.5) is 0 Å². The first kappa shape index (κ1) is 6.24. The van der Waals surface area contributed by atoms with E-state index in [2.05, 4.69) is 21.6 Å². The van der Waals surface area contributed by atoms with Crippen LogP contribution in [0.5, 0.6) is 0 Å². The molecule has 1 rings (SSSR count). The van der Waals surface area contributed by atoms with Crippen LogP contribution in [0.25, 0.3) is 0 Å². The summed E-state index contributed by atoms with van der Waals surface area (Å²) in [6.45, 7) is 0. The van der Waals surface area contributed by atoms with Crippen LogP contribution < -0.4 is 0 Å². The van der Waals surface area contributed by atoms with Crippen LogP contribution in [0.3, 0.4) is 0 Å². The molecule has 0 unspecified atom stereocenters. The summed E-state index contributed by atoms with van der Waals surface area (Å²) in [4.78, 5) is 0. The third kappa shape index (κ3) is 1.62. The van der Waals surface area contributed by atoms with Crippen molar-refractivity contribution in [1.29, 1.82) is 0 Å². The number of nitrogens with one attached hydrogen (secondary N) is 1. The number of H-pyrrole nitrogens is 1. The topological polar surface area (TPSA) is 41.6 Å². The van der Waals surface area contributed by atoms with Crippen molar-refractivity contribution in [3.8, 4) is 0 Å². The molecular formula is C2H2N3Y-. The molecule has 0 aliphatic heterocycles. The summed E-state index contributed by atoms with van der Waals surface area (Å²) in [6.07, 6.45) is 3.90.